The average molecular weight is 260 g/mol. The summed E-state index contributed by atoms with van der Waals surface area (Å²) >= 11 is 0. The Morgan fingerprint density at radius 2 is 1.47 bits per heavy atom. The summed E-state index contributed by atoms with van der Waals surface area (Å²) in [4.78, 5) is 11.4. The maximum absolute atomic E-state index is 11.4. The molecule has 0 N–H and O–H groups in total. The number of carbonyl (C=O) groups is 1. The van der Waals surface area contributed by atoms with E-state index in [-0.39, 0.29) is 5.92 Å². The second-order valence-electron chi connectivity index (χ2n) is 5.73. The van der Waals surface area contributed by atoms with Crippen LogP contribution in [0.4, 0.5) is 0 Å². The van der Waals surface area contributed by atoms with Crippen LogP contribution in [0, 0.1) is 5.92 Å². The highest BCUT2D eigenvalue weighted by Crippen LogP contribution is 2.11. The largest absolute Gasteiger partial charge is 0.299 e. The van der Waals surface area contributed by atoms with Gasteiger partial charge in [-0.1, -0.05) is 69.9 Å². The number of hydrogen-bond acceptors (Lipinski definition) is 1. The molecule has 0 spiro atoms. The standard InChI is InChI=1S/C18H28O/c1-16(2)18(19)15-11-6-4-3-5-8-12-17-13-9-7-10-14-17/h7,9-10,13-14,16H,3-6,8,11-12,15H2,1-2H3. The van der Waals surface area contributed by atoms with Gasteiger partial charge in [-0.15, -0.1) is 0 Å². The van der Waals surface area contributed by atoms with Crippen molar-refractivity contribution in [3.63, 3.8) is 0 Å². The van der Waals surface area contributed by atoms with Crippen LogP contribution in [0.2, 0.25) is 0 Å². The summed E-state index contributed by atoms with van der Waals surface area (Å²) in [7, 11) is 0. The molecule has 0 atom stereocenters. The van der Waals surface area contributed by atoms with Gasteiger partial charge in [0.05, 0.1) is 0 Å². The van der Waals surface area contributed by atoms with Crippen molar-refractivity contribution in [1.82, 2.24) is 0 Å². The molecular formula is C18H28O. The van der Waals surface area contributed by atoms with Crippen LogP contribution in [0.1, 0.15) is 64.4 Å². The number of aryl methyl sites for hydroxylation is 1. The van der Waals surface area contributed by atoms with E-state index < -0.39 is 0 Å². The van der Waals surface area contributed by atoms with Gasteiger partial charge in [0.25, 0.3) is 0 Å². The number of rotatable bonds is 10. The zero-order chi connectivity index (χ0) is 13.9. The minimum atomic E-state index is 0.214. The molecule has 0 amide bonds. The Hall–Kier alpha value is -1.11. The van der Waals surface area contributed by atoms with E-state index in [0.717, 1.165) is 12.8 Å². The minimum Gasteiger partial charge on any atom is -0.299 e. The molecule has 0 radical (unpaired) electrons. The van der Waals surface area contributed by atoms with Crippen LogP contribution in [0.3, 0.4) is 0 Å². The number of benzene rings is 1. The Morgan fingerprint density at radius 1 is 0.895 bits per heavy atom. The molecule has 0 aliphatic carbocycles. The second-order valence-corrected chi connectivity index (χ2v) is 5.73. The van der Waals surface area contributed by atoms with E-state index in [1.165, 1.54) is 44.1 Å². The first-order chi connectivity index (χ1) is 9.20. The maximum Gasteiger partial charge on any atom is 0.135 e. The normalized spacial score (nSPS) is 10.9. The number of Topliss-reactive ketones (excluding diaryl/α,β-unsaturated/α-hetero) is 1. The van der Waals surface area contributed by atoms with Gasteiger partial charge in [0.1, 0.15) is 5.78 Å². The molecule has 0 saturated heterocycles. The Bertz CT molecular complexity index is 340. The predicted octanol–water partition coefficient (Wildman–Crippen LogP) is 5.18. The summed E-state index contributed by atoms with van der Waals surface area (Å²) in [5.41, 5.74) is 1.45. The molecule has 0 aromatic heterocycles. The first-order valence-corrected chi connectivity index (χ1v) is 7.77. The Morgan fingerprint density at radius 3 is 2.11 bits per heavy atom. The van der Waals surface area contributed by atoms with E-state index in [0.29, 0.717) is 5.78 Å². The van der Waals surface area contributed by atoms with Gasteiger partial charge in [-0.05, 0) is 24.8 Å². The smallest absolute Gasteiger partial charge is 0.135 e. The molecule has 1 aromatic carbocycles. The van der Waals surface area contributed by atoms with Crippen molar-refractivity contribution in [3.05, 3.63) is 35.9 Å². The van der Waals surface area contributed by atoms with Gasteiger partial charge in [-0.2, -0.15) is 0 Å². The van der Waals surface area contributed by atoms with Crippen molar-refractivity contribution in [2.75, 3.05) is 0 Å². The molecule has 0 fully saturated rings. The molecule has 0 aliphatic heterocycles. The Kier molecular flexibility index (Phi) is 8.20. The summed E-state index contributed by atoms with van der Waals surface area (Å²) < 4.78 is 0. The topological polar surface area (TPSA) is 17.1 Å². The van der Waals surface area contributed by atoms with Crippen LogP contribution in [0.5, 0.6) is 0 Å². The highest BCUT2D eigenvalue weighted by Gasteiger charge is 2.05. The summed E-state index contributed by atoms with van der Waals surface area (Å²) in [6, 6.07) is 10.7. The molecule has 0 aliphatic rings. The number of unbranched alkanes of at least 4 members (excludes halogenated alkanes) is 5. The van der Waals surface area contributed by atoms with Gasteiger partial charge in [0.2, 0.25) is 0 Å². The molecule has 1 nitrogen and oxygen atoms in total. The van der Waals surface area contributed by atoms with E-state index in [1.54, 1.807) is 0 Å². The van der Waals surface area contributed by atoms with Gasteiger partial charge >= 0.3 is 0 Å². The molecule has 1 aromatic rings. The zero-order valence-corrected chi connectivity index (χ0v) is 12.5. The molecule has 19 heavy (non-hydrogen) atoms. The van der Waals surface area contributed by atoms with Crippen LogP contribution < -0.4 is 0 Å². The van der Waals surface area contributed by atoms with E-state index >= 15 is 0 Å². The highest BCUT2D eigenvalue weighted by atomic mass is 16.1. The highest BCUT2D eigenvalue weighted by molar-refractivity contribution is 5.80. The predicted molar refractivity (Wildman–Crippen MR) is 82.3 cm³/mol. The van der Waals surface area contributed by atoms with Gasteiger partial charge < -0.3 is 0 Å². The van der Waals surface area contributed by atoms with E-state index in [9.17, 15) is 4.79 Å². The lowest BCUT2D eigenvalue weighted by atomic mass is 10.0. The fraction of sp³-hybridized carbons (Fsp3) is 0.611. The summed E-state index contributed by atoms with van der Waals surface area (Å²) in [6.07, 6.45) is 9.46. The SMILES string of the molecule is CC(C)C(=O)CCCCCCCCc1ccccc1. The molecule has 0 unspecified atom stereocenters. The molecule has 0 heterocycles. The minimum absolute atomic E-state index is 0.214. The molecule has 106 valence electrons. The average Bonchev–Trinajstić information content (AvgIpc) is 2.42. The van der Waals surface area contributed by atoms with Crippen LogP contribution in [0.25, 0.3) is 0 Å². The van der Waals surface area contributed by atoms with E-state index in [1.807, 2.05) is 13.8 Å². The number of hydrogen-bond donors (Lipinski definition) is 0. The van der Waals surface area contributed by atoms with E-state index in [2.05, 4.69) is 30.3 Å². The molecular weight excluding hydrogens is 232 g/mol. The molecule has 0 saturated carbocycles. The lowest BCUT2D eigenvalue weighted by molar-refractivity contribution is -0.122. The van der Waals surface area contributed by atoms with Crippen molar-refractivity contribution in [2.45, 2.75) is 65.2 Å². The first kappa shape index (κ1) is 15.9. The first-order valence-electron chi connectivity index (χ1n) is 7.77. The van der Waals surface area contributed by atoms with Gasteiger partial charge in [0, 0.05) is 12.3 Å². The zero-order valence-electron chi connectivity index (χ0n) is 12.5. The van der Waals surface area contributed by atoms with Crippen LogP contribution >= 0.6 is 0 Å². The van der Waals surface area contributed by atoms with Gasteiger partial charge in [-0.3, -0.25) is 4.79 Å². The quantitative estimate of drug-likeness (QED) is 0.529. The third-order valence-corrected chi connectivity index (χ3v) is 3.63. The molecule has 1 heteroatoms. The van der Waals surface area contributed by atoms with Crippen molar-refractivity contribution in [2.24, 2.45) is 5.92 Å². The Balaban J connectivity index is 1.90. The molecule has 0 bridgehead atoms. The maximum atomic E-state index is 11.4. The van der Waals surface area contributed by atoms with Crippen LogP contribution in [-0.2, 0) is 11.2 Å². The summed E-state index contributed by atoms with van der Waals surface area (Å²) in [5, 5.41) is 0. The summed E-state index contributed by atoms with van der Waals surface area (Å²) in [5.74, 6) is 0.634. The van der Waals surface area contributed by atoms with Crippen molar-refractivity contribution in [3.8, 4) is 0 Å². The van der Waals surface area contributed by atoms with Crippen LogP contribution in [-0.4, -0.2) is 5.78 Å². The monoisotopic (exact) mass is 260 g/mol. The number of carbonyl (C=O) groups excluding carboxylic acids is 1. The fourth-order valence-electron chi connectivity index (χ4n) is 2.27. The lowest BCUT2D eigenvalue weighted by Crippen LogP contribution is -2.05. The molecule has 1 rings (SSSR count). The Labute approximate surface area is 118 Å². The summed E-state index contributed by atoms with van der Waals surface area (Å²) in [6.45, 7) is 3.98. The number of ketones is 1. The third-order valence-electron chi connectivity index (χ3n) is 3.63. The fourth-order valence-corrected chi connectivity index (χ4v) is 2.27. The third kappa shape index (κ3) is 7.81. The lowest BCUT2D eigenvalue weighted by Gasteiger charge is -2.04. The van der Waals surface area contributed by atoms with Crippen molar-refractivity contribution in [1.29, 1.82) is 0 Å². The van der Waals surface area contributed by atoms with Gasteiger partial charge in [0.15, 0.2) is 0 Å². The van der Waals surface area contributed by atoms with Crippen LogP contribution in [0.15, 0.2) is 30.3 Å². The van der Waals surface area contributed by atoms with E-state index in [4.69, 9.17) is 0 Å². The second kappa shape index (κ2) is 9.77. The van der Waals surface area contributed by atoms with Crippen molar-refractivity contribution < 1.29 is 4.79 Å². The van der Waals surface area contributed by atoms with Gasteiger partial charge in [-0.25, -0.2) is 0 Å². The van der Waals surface area contributed by atoms with Crippen molar-refractivity contribution >= 4 is 5.78 Å².